The third kappa shape index (κ3) is 8.80. The molecule has 8 heteroatoms. The molecule has 1 aliphatic rings. The van der Waals surface area contributed by atoms with Gasteiger partial charge in [-0.05, 0) is 61.7 Å². The van der Waals surface area contributed by atoms with Gasteiger partial charge in [0.1, 0.15) is 5.82 Å². The maximum absolute atomic E-state index is 12.8. The molecule has 0 atom stereocenters. The topological polar surface area (TPSA) is 100.0 Å². The van der Waals surface area contributed by atoms with Gasteiger partial charge in [-0.15, -0.1) is 0 Å². The molecule has 1 fully saturated rings. The van der Waals surface area contributed by atoms with Crippen LogP contribution >= 0.6 is 0 Å². The zero-order valence-electron chi connectivity index (χ0n) is 16.0. The van der Waals surface area contributed by atoms with Crippen molar-refractivity contribution in [3.63, 3.8) is 0 Å². The predicted molar refractivity (Wildman–Crippen MR) is 104 cm³/mol. The summed E-state index contributed by atoms with van der Waals surface area (Å²) in [5, 5.41) is 14.8. The Bertz CT molecular complexity index is 750. The van der Waals surface area contributed by atoms with E-state index in [1.54, 1.807) is 12.1 Å². The van der Waals surface area contributed by atoms with Crippen LogP contribution in [0.2, 0.25) is 0 Å². The van der Waals surface area contributed by atoms with Crippen molar-refractivity contribution in [1.82, 2.24) is 9.88 Å². The Morgan fingerprint density at radius 2 is 1.72 bits per heavy atom. The highest BCUT2D eigenvalue weighted by molar-refractivity contribution is 6.27. The van der Waals surface area contributed by atoms with Crippen molar-refractivity contribution >= 4 is 11.9 Å². The lowest BCUT2D eigenvalue weighted by Gasteiger charge is -2.31. The van der Waals surface area contributed by atoms with E-state index in [9.17, 15) is 4.39 Å². The van der Waals surface area contributed by atoms with Crippen LogP contribution in [0.25, 0.3) is 0 Å². The lowest BCUT2D eigenvalue weighted by molar-refractivity contribution is -0.159. The van der Waals surface area contributed by atoms with Gasteiger partial charge in [-0.25, -0.2) is 14.0 Å². The van der Waals surface area contributed by atoms with Crippen molar-refractivity contribution in [3.8, 4) is 0 Å². The highest BCUT2D eigenvalue weighted by Gasteiger charge is 2.19. The number of nitrogens with zero attached hydrogens (tertiary/aromatic N) is 2. The van der Waals surface area contributed by atoms with Gasteiger partial charge in [-0.1, -0.05) is 18.2 Å². The Labute approximate surface area is 168 Å². The number of piperidine rings is 1. The standard InChI is InChI=1S/C19H23FN2O.C2H2O4/c20-18-6-4-16(5-7-18)14-23-15-17-8-11-22(12-9-17)13-19-3-1-2-10-21-19;3-1(4)2(5)6/h1-7,10,17H,8-9,11-15H2;(H,3,4)(H,5,6). The summed E-state index contributed by atoms with van der Waals surface area (Å²) < 4.78 is 18.6. The largest absolute Gasteiger partial charge is 0.473 e. The van der Waals surface area contributed by atoms with Crippen molar-refractivity contribution in [2.75, 3.05) is 19.7 Å². The van der Waals surface area contributed by atoms with Crippen molar-refractivity contribution in [3.05, 3.63) is 65.7 Å². The van der Waals surface area contributed by atoms with E-state index < -0.39 is 11.9 Å². The molecule has 1 aromatic carbocycles. The summed E-state index contributed by atoms with van der Waals surface area (Å²) in [6, 6.07) is 12.6. The van der Waals surface area contributed by atoms with Gasteiger partial charge in [0.25, 0.3) is 0 Å². The maximum Gasteiger partial charge on any atom is 0.414 e. The van der Waals surface area contributed by atoms with E-state index in [2.05, 4.69) is 16.0 Å². The minimum absolute atomic E-state index is 0.200. The highest BCUT2D eigenvalue weighted by Crippen LogP contribution is 2.19. The molecule has 0 radical (unpaired) electrons. The normalized spacial score (nSPS) is 14.7. The molecule has 0 spiro atoms. The molecule has 0 unspecified atom stereocenters. The fourth-order valence-corrected chi connectivity index (χ4v) is 2.96. The number of carbonyl (C=O) groups is 2. The summed E-state index contributed by atoms with van der Waals surface area (Å²) in [4.78, 5) is 25.0. The van der Waals surface area contributed by atoms with Gasteiger partial charge in [-0.2, -0.15) is 0 Å². The third-order valence-corrected chi connectivity index (χ3v) is 4.54. The van der Waals surface area contributed by atoms with Crippen LogP contribution in [0.5, 0.6) is 0 Å². The first kappa shape index (κ1) is 22.4. The van der Waals surface area contributed by atoms with Crippen LogP contribution in [-0.4, -0.2) is 51.7 Å². The summed E-state index contributed by atoms with van der Waals surface area (Å²) in [6.07, 6.45) is 4.18. The third-order valence-electron chi connectivity index (χ3n) is 4.54. The molecule has 7 nitrogen and oxygen atoms in total. The zero-order chi connectivity index (χ0) is 21.1. The van der Waals surface area contributed by atoms with E-state index in [4.69, 9.17) is 24.5 Å². The number of ether oxygens (including phenoxy) is 1. The molecule has 1 aromatic heterocycles. The van der Waals surface area contributed by atoms with Gasteiger partial charge in [0.15, 0.2) is 0 Å². The second kappa shape index (κ2) is 11.9. The summed E-state index contributed by atoms with van der Waals surface area (Å²) in [6.45, 7) is 4.48. The number of benzene rings is 1. The second-order valence-corrected chi connectivity index (χ2v) is 6.79. The number of likely N-dealkylation sites (tertiary alicyclic amines) is 1. The van der Waals surface area contributed by atoms with Crippen LogP contribution < -0.4 is 0 Å². The van der Waals surface area contributed by atoms with Crippen LogP contribution in [-0.2, 0) is 27.5 Å². The lowest BCUT2D eigenvalue weighted by atomic mass is 9.97. The number of carboxylic acids is 2. The smallest absolute Gasteiger partial charge is 0.414 e. The van der Waals surface area contributed by atoms with E-state index in [0.717, 1.165) is 50.3 Å². The molecular formula is C21H25FN2O5. The molecule has 0 aliphatic carbocycles. The Morgan fingerprint density at radius 3 is 2.28 bits per heavy atom. The average Bonchev–Trinajstić information content (AvgIpc) is 2.72. The molecule has 2 N–H and O–H groups in total. The Morgan fingerprint density at radius 1 is 1.07 bits per heavy atom. The van der Waals surface area contributed by atoms with Gasteiger partial charge in [0.2, 0.25) is 0 Å². The molecule has 2 heterocycles. The number of rotatable bonds is 6. The monoisotopic (exact) mass is 404 g/mol. The summed E-state index contributed by atoms with van der Waals surface area (Å²) in [5.41, 5.74) is 2.16. The van der Waals surface area contributed by atoms with E-state index in [0.29, 0.717) is 12.5 Å². The average molecular weight is 404 g/mol. The molecule has 2 aromatic rings. The number of aliphatic carboxylic acids is 2. The molecule has 156 valence electrons. The van der Waals surface area contributed by atoms with Crippen LogP contribution in [0, 0.1) is 11.7 Å². The first-order valence-electron chi connectivity index (χ1n) is 9.34. The predicted octanol–water partition coefficient (Wildman–Crippen LogP) is 2.81. The molecule has 1 saturated heterocycles. The Balaban J connectivity index is 0.000000438. The minimum Gasteiger partial charge on any atom is -0.473 e. The number of halogens is 1. The summed E-state index contributed by atoms with van der Waals surface area (Å²) >= 11 is 0. The number of aromatic nitrogens is 1. The molecule has 0 bridgehead atoms. The number of pyridine rings is 1. The van der Waals surface area contributed by atoms with E-state index in [-0.39, 0.29) is 5.82 Å². The maximum atomic E-state index is 12.8. The van der Waals surface area contributed by atoms with Gasteiger partial charge in [0, 0.05) is 19.3 Å². The fourth-order valence-electron chi connectivity index (χ4n) is 2.96. The van der Waals surface area contributed by atoms with Gasteiger partial charge in [-0.3, -0.25) is 9.88 Å². The number of carboxylic acid groups (broad SMARTS) is 2. The molecule has 0 amide bonds. The molecule has 3 rings (SSSR count). The summed E-state index contributed by atoms with van der Waals surface area (Å²) in [7, 11) is 0. The van der Waals surface area contributed by atoms with Gasteiger partial charge >= 0.3 is 11.9 Å². The summed E-state index contributed by atoms with van der Waals surface area (Å²) in [5.74, 6) is -3.23. The fraction of sp³-hybridized carbons (Fsp3) is 0.381. The second-order valence-electron chi connectivity index (χ2n) is 6.79. The van der Waals surface area contributed by atoms with Gasteiger partial charge < -0.3 is 14.9 Å². The first-order chi connectivity index (χ1) is 13.9. The highest BCUT2D eigenvalue weighted by atomic mass is 19.1. The minimum atomic E-state index is -1.82. The van der Waals surface area contributed by atoms with Crippen LogP contribution in [0.15, 0.2) is 48.7 Å². The van der Waals surface area contributed by atoms with Crippen molar-refractivity contribution in [1.29, 1.82) is 0 Å². The van der Waals surface area contributed by atoms with Crippen molar-refractivity contribution < 1.29 is 28.9 Å². The Hall–Kier alpha value is -2.84. The SMILES string of the molecule is Fc1ccc(COCC2CCN(Cc3ccccn3)CC2)cc1.O=C(O)C(=O)O. The molecular weight excluding hydrogens is 379 g/mol. The number of hydrogen-bond acceptors (Lipinski definition) is 5. The lowest BCUT2D eigenvalue weighted by Crippen LogP contribution is -2.34. The molecule has 0 saturated carbocycles. The van der Waals surface area contributed by atoms with Crippen LogP contribution in [0.3, 0.4) is 0 Å². The Kier molecular flexibility index (Phi) is 9.20. The van der Waals surface area contributed by atoms with E-state index >= 15 is 0 Å². The van der Waals surface area contributed by atoms with Crippen molar-refractivity contribution in [2.45, 2.75) is 26.0 Å². The number of hydrogen-bond donors (Lipinski definition) is 2. The zero-order valence-corrected chi connectivity index (χ0v) is 16.0. The molecule has 1 aliphatic heterocycles. The van der Waals surface area contributed by atoms with Gasteiger partial charge in [0.05, 0.1) is 12.3 Å². The first-order valence-corrected chi connectivity index (χ1v) is 9.34. The van der Waals surface area contributed by atoms with Crippen molar-refractivity contribution in [2.24, 2.45) is 5.92 Å². The van der Waals surface area contributed by atoms with E-state index in [1.807, 2.05) is 18.3 Å². The van der Waals surface area contributed by atoms with E-state index in [1.165, 1.54) is 12.1 Å². The van der Waals surface area contributed by atoms with Crippen LogP contribution in [0.1, 0.15) is 24.1 Å². The molecule has 29 heavy (non-hydrogen) atoms. The van der Waals surface area contributed by atoms with Crippen LogP contribution in [0.4, 0.5) is 4.39 Å². The quantitative estimate of drug-likeness (QED) is 0.714.